The van der Waals surface area contributed by atoms with Gasteiger partial charge in [-0.3, -0.25) is 4.79 Å². The van der Waals surface area contributed by atoms with Crippen LogP contribution in [0.25, 0.3) is 10.9 Å². The molecule has 30 heavy (non-hydrogen) atoms. The Bertz CT molecular complexity index is 1120. The van der Waals surface area contributed by atoms with Crippen LogP contribution in [0, 0.1) is 6.92 Å². The molecular weight excluding hydrogens is 378 g/mol. The Kier molecular flexibility index (Phi) is 5.74. The van der Waals surface area contributed by atoms with E-state index in [9.17, 15) is 9.59 Å². The average molecular weight is 405 g/mol. The molecule has 156 valence electrons. The number of hydrogen-bond donors (Lipinski definition) is 2. The van der Waals surface area contributed by atoms with Crippen LogP contribution >= 0.6 is 0 Å². The number of fused-ring (bicyclic) bond motifs is 1. The summed E-state index contributed by atoms with van der Waals surface area (Å²) in [6.45, 7) is 2.26. The molecule has 2 aromatic carbocycles. The fourth-order valence-corrected chi connectivity index (χ4v) is 4.18. The predicted molar refractivity (Wildman–Crippen MR) is 119 cm³/mol. The smallest absolute Gasteiger partial charge is 0.322 e. The highest BCUT2D eigenvalue weighted by Gasteiger charge is 2.28. The highest BCUT2D eigenvalue weighted by molar-refractivity contribution is 5.91. The number of anilines is 1. The van der Waals surface area contributed by atoms with Crippen molar-refractivity contribution in [2.45, 2.75) is 45.2 Å². The number of H-pyrrole nitrogens is 1. The summed E-state index contributed by atoms with van der Waals surface area (Å²) in [5.74, 6) is 0.608. The first-order chi connectivity index (χ1) is 14.5. The standard InChI is InChI=1S/C24H27N3O3/c1-16-11-12-17-14-18(23(28)25-21(17)13-16)15-27(19-7-3-4-8-19)24(29)26-20-9-5-6-10-22(20)30-2/h5-6,9-14,19H,3-4,7-8,15H2,1-2H3,(H,25,28)(H,26,29). The van der Waals surface area contributed by atoms with Crippen LogP contribution in [0.15, 0.2) is 53.3 Å². The third-order valence-corrected chi connectivity index (χ3v) is 5.79. The second kappa shape index (κ2) is 8.61. The van der Waals surface area contributed by atoms with E-state index < -0.39 is 0 Å². The molecule has 1 fully saturated rings. The van der Waals surface area contributed by atoms with Crippen molar-refractivity contribution in [1.82, 2.24) is 9.88 Å². The summed E-state index contributed by atoms with van der Waals surface area (Å²) < 4.78 is 5.36. The lowest BCUT2D eigenvalue weighted by Crippen LogP contribution is -2.42. The number of nitrogens with zero attached hydrogens (tertiary/aromatic N) is 1. The molecule has 1 aromatic heterocycles. The lowest BCUT2D eigenvalue weighted by Gasteiger charge is -2.29. The summed E-state index contributed by atoms with van der Waals surface area (Å²) in [6, 6.07) is 15.1. The summed E-state index contributed by atoms with van der Waals surface area (Å²) >= 11 is 0. The van der Waals surface area contributed by atoms with Crippen molar-refractivity contribution < 1.29 is 9.53 Å². The highest BCUT2D eigenvalue weighted by Crippen LogP contribution is 2.28. The number of aryl methyl sites for hydroxylation is 1. The van der Waals surface area contributed by atoms with E-state index in [1.807, 2.05) is 55.5 Å². The number of aromatic nitrogens is 1. The molecule has 0 unspecified atom stereocenters. The van der Waals surface area contributed by atoms with Gasteiger partial charge in [0.1, 0.15) is 5.75 Å². The number of ether oxygens (including phenoxy) is 1. The van der Waals surface area contributed by atoms with Gasteiger partial charge in [0.25, 0.3) is 5.56 Å². The predicted octanol–water partition coefficient (Wildman–Crippen LogP) is 4.82. The Hall–Kier alpha value is -3.28. The third kappa shape index (κ3) is 4.17. The van der Waals surface area contributed by atoms with Crippen LogP contribution < -0.4 is 15.6 Å². The first-order valence-electron chi connectivity index (χ1n) is 10.4. The number of pyridine rings is 1. The van der Waals surface area contributed by atoms with Gasteiger partial charge in [0.15, 0.2) is 0 Å². The molecule has 6 heteroatoms. The van der Waals surface area contributed by atoms with Crippen molar-refractivity contribution in [1.29, 1.82) is 0 Å². The molecule has 1 aliphatic rings. The van der Waals surface area contributed by atoms with E-state index in [0.717, 1.165) is 42.1 Å². The van der Waals surface area contributed by atoms with Crippen molar-refractivity contribution in [3.8, 4) is 5.75 Å². The normalized spacial score (nSPS) is 14.1. The Labute approximate surface area is 175 Å². The van der Waals surface area contributed by atoms with Crippen LogP contribution in [0.2, 0.25) is 0 Å². The van der Waals surface area contributed by atoms with Gasteiger partial charge in [-0.15, -0.1) is 0 Å². The minimum absolute atomic E-state index is 0.118. The van der Waals surface area contributed by atoms with Gasteiger partial charge in [-0.2, -0.15) is 0 Å². The molecule has 0 spiro atoms. The maximum atomic E-state index is 13.2. The Morgan fingerprint density at radius 1 is 1.17 bits per heavy atom. The summed E-state index contributed by atoms with van der Waals surface area (Å²) in [5, 5.41) is 3.94. The molecule has 0 saturated heterocycles. The van der Waals surface area contributed by atoms with Crippen LogP contribution in [0.4, 0.5) is 10.5 Å². The molecule has 1 saturated carbocycles. The van der Waals surface area contributed by atoms with Gasteiger partial charge in [0, 0.05) is 17.1 Å². The van der Waals surface area contributed by atoms with E-state index in [1.54, 1.807) is 12.0 Å². The number of rotatable bonds is 5. The van der Waals surface area contributed by atoms with Gasteiger partial charge in [-0.1, -0.05) is 37.1 Å². The van der Waals surface area contributed by atoms with E-state index in [-0.39, 0.29) is 24.2 Å². The highest BCUT2D eigenvalue weighted by atomic mass is 16.5. The molecule has 2 amide bonds. The minimum Gasteiger partial charge on any atom is -0.495 e. The number of aromatic amines is 1. The summed E-state index contributed by atoms with van der Waals surface area (Å²) in [6.07, 6.45) is 4.08. The van der Waals surface area contributed by atoms with Crippen LogP contribution in [0.5, 0.6) is 5.75 Å². The third-order valence-electron chi connectivity index (χ3n) is 5.79. The van der Waals surface area contributed by atoms with Gasteiger partial charge in [-0.05, 0) is 55.0 Å². The molecule has 0 aliphatic heterocycles. The molecule has 0 radical (unpaired) electrons. The van der Waals surface area contributed by atoms with Gasteiger partial charge in [-0.25, -0.2) is 4.79 Å². The van der Waals surface area contributed by atoms with Crippen molar-refractivity contribution in [2.75, 3.05) is 12.4 Å². The van der Waals surface area contributed by atoms with Gasteiger partial charge < -0.3 is 19.9 Å². The first kappa shape index (κ1) is 20.0. The van der Waals surface area contributed by atoms with E-state index in [1.165, 1.54) is 0 Å². The number of carbonyl (C=O) groups excluding carboxylic acids is 1. The maximum absolute atomic E-state index is 13.2. The summed E-state index contributed by atoms with van der Waals surface area (Å²) in [4.78, 5) is 30.7. The summed E-state index contributed by atoms with van der Waals surface area (Å²) in [5.41, 5.74) is 2.97. The van der Waals surface area contributed by atoms with Gasteiger partial charge in [0.2, 0.25) is 0 Å². The van der Waals surface area contributed by atoms with Crippen LogP contribution in [0.3, 0.4) is 0 Å². The second-order valence-corrected chi connectivity index (χ2v) is 7.91. The molecule has 3 aromatic rings. The quantitative estimate of drug-likeness (QED) is 0.639. The van der Waals surface area contributed by atoms with Crippen molar-refractivity contribution in [3.05, 3.63) is 70.0 Å². The Balaban J connectivity index is 1.64. The second-order valence-electron chi connectivity index (χ2n) is 7.91. The van der Waals surface area contributed by atoms with Crippen LogP contribution in [0.1, 0.15) is 36.8 Å². The summed E-state index contributed by atoms with van der Waals surface area (Å²) in [7, 11) is 1.58. The fraction of sp³-hybridized carbons (Fsp3) is 0.333. The number of para-hydroxylation sites is 2. The van der Waals surface area contributed by atoms with Crippen molar-refractivity contribution >= 4 is 22.6 Å². The van der Waals surface area contributed by atoms with Crippen molar-refractivity contribution in [3.63, 3.8) is 0 Å². The zero-order valence-electron chi connectivity index (χ0n) is 17.4. The first-order valence-corrected chi connectivity index (χ1v) is 10.4. The fourth-order valence-electron chi connectivity index (χ4n) is 4.18. The maximum Gasteiger partial charge on any atom is 0.322 e. The topological polar surface area (TPSA) is 74.4 Å². The van der Waals surface area contributed by atoms with Crippen LogP contribution in [-0.2, 0) is 6.54 Å². The Morgan fingerprint density at radius 2 is 1.93 bits per heavy atom. The van der Waals surface area contributed by atoms with Gasteiger partial charge in [0.05, 0.1) is 19.3 Å². The number of nitrogens with one attached hydrogen (secondary N) is 2. The number of amides is 2. The zero-order chi connectivity index (χ0) is 21.1. The van der Waals surface area contributed by atoms with Crippen LogP contribution in [-0.4, -0.2) is 29.1 Å². The molecule has 2 N–H and O–H groups in total. The molecule has 0 bridgehead atoms. The molecule has 1 heterocycles. The number of urea groups is 1. The molecule has 1 aliphatic carbocycles. The number of methoxy groups -OCH3 is 1. The van der Waals surface area contributed by atoms with E-state index in [0.29, 0.717) is 17.0 Å². The SMILES string of the molecule is COc1ccccc1NC(=O)N(Cc1cc2ccc(C)cc2[nH]c1=O)C1CCCC1. The number of benzene rings is 2. The minimum atomic E-state index is -0.213. The molecule has 0 atom stereocenters. The van der Waals surface area contributed by atoms with Gasteiger partial charge >= 0.3 is 6.03 Å². The number of carbonyl (C=O) groups is 1. The molecule has 6 nitrogen and oxygen atoms in total. The molecule has 4 rings (SSSR count). The van der Waals surface area contributed by atoms with E-state index in [2.05, 4.69) is 10.3 Å². The zero-order valence-corrected chi connectivity index (χ0v) is 17.4. The lowest BCUT2D eigenvalue weighted by molar-refractivity contribution is 0.184. The van der Waals surface area contributed by atoms with Crippen molar-refractivity contribution in [2.24, 2.45) is 0 Å². The lowest BCUT2D eigenvalue weighted by atomic mass is 10.1. The average Bonchev–Trinajstić information content (AvgIpc) is 3.27. The molecular formula is C24H27N3O3. The van der Waals surface area contributed by atoms with E-state index in [4.69, 9.17) is 4.74 Å². The van der Waals surface area contributed by atoms with E-state index >= 15 is 0 Å². The largest absolute Gasteiger partial charge is 0.495 e. The Morgan fingerprint density at radius 3 is 2.70 bits per heavy atom. The number of hydrogen-bond acceptors (Lipinski definition) is 3. The monoisotopic (exact) mass is 405 g/mol.